The average molecular weight is 340 g/mol. The smallest absolute Gasteiger partial charge is 0.223 e. The van der Waals surface area contributed by atoms with Crippen LogP contribution in [-0.2, 0) is 11.2 Å². The molecule has 2 aromatic rings. The summed E-state index contributed by atoms with van der Waals surface area (Å²) in [5.74, 6) is 0.155. The second kappa shape index (κ2) is 5.99. The molecule has 2 nitrogen and oxygen atoms in total. The highest BCUT2D eigenvalue weighted by atomic mass is 35.5. The highest BCUT2D eigenvalue weighted by molar-refractivity contribution is 7.10. The van der Waals surface area contributed by atoms with Crippen molar-refractivity contribution in [2.24, 2.45) is 0 Å². The lowest BCUT2D eigenvalue weighted by molar-refractivity contribution is -0.132. The number of halogens is 2. The second-order valence-electron chi connectivity index (χ2n) is 5.06. The van der Waals surface area contributed by atoms with Crippen LogP contribution in [0.15, 0.2) is 29.6 Å². The van der Waals surface area contributed by atoms with Crippen LogP contribution in [0.5, 0.6) is 0 Å². The molecule has 0 saturated heterocycles. The van der Waals surface area contributed by atoms with Gasteiger partial charge in [0, 0.05) is 27.9 Å². The Bertz CT molecular complexity index is 683. The number of hydrogen-bond donors (Lipinski definition) is 0. The molecule has 0 saturated carbocycles. The maximum atomic E-state index is 12.3. The molecule has 1 amide bonds. The van der Waals surface area contributed by atoms with E-state index >= 15 is 0 Å². The first-order valence-corrected chi connectivity index (χ1v) is 8.56. The third-order valence-corrected chi connectivity index (χ3v) is 5.40. The Hall–Kier alpha value is -1.03. The molecule has 1 atom stereocenters. The summed E-state index contributed by atoms with van der Waals surface area (Å²) in [6.07, 6.45) is 1.42. The molecule has 1 aliphatic rings. The van der Waals surface area contributed by atoms with Gasteiger partial charge in [-0.1, -0.05) is 36.2 Å². The van der Waals surface area contributed by atoms with Crippen molar-refractivity contribution in [1.29, 1.82) is 0 Å². The lowest BCUT2D eigenvalue weighted by Crippen LogP contribution is -2.39. The summed E-state index contributed by atoms with van der Waals surface area (Å²) in [7, 11) is 0. The molecule has 3 rings (SSSR count). The molecule has 110 valence electrons. The Balaban J connectivity index is 2.12. The largest absolute Gasteiger partial charge is 0.331 e. The molecule has 21 heavy (non-hydrogen) atoms. The van der Waals surface area contributed by atoms with E-state index in [0.29, 0.717) is 16.5 Å². The summed E-state index contributed by atoms with van der Waals surface area (Å²) in [6, 6.07) is 7.51. The number of nitrogens with zero attached hydrogens (tertiary/aromatic N) is 1. The van der Waals surface area contributed by atoms with Gasteiger partial charge < -0.3 is 4.90 Å². The fourth-order valence-corrected chi connectivity index (χ4v) is 4.26. The van der Waals surface area contributed by atoms with Crippen LogP contribution >= 0.6 is 34.5 Å². The van der Waals surface area contributed by atoms with Gasteiger partial charge in [-0.05, 0) is 41.1 Å². The Kier molecular flexibility index (Phi) is 4.25. The molecular formula is C16H15Cl2NOS. The van der Waals surface area contributed by atoms with E-state index in [1.54, 1.807) is 17.4 Å². The normalized spacial score (nSPS) is 17.7. The molecule has 5 heteroatoms. The first kappa shape index (κ1) is 14.9. The molecule has 0 N–H and O–H groups in total. The second-order valence-corrected chi connectivity index (χ2v) is 6.90. The molecule has 1 aliphatic heterocycles. The molecule has 0 bridgehead atoms. The van der Waals surface area contributed by atoms with Crippen molar-refractivity contribution < 1.29 is 4.79 Å². The fraction of sp³-hybridized carbons (Fsp3) is 0.312. The van der Waals surface area contributed by atoms with Crippen LogP contribution in [0.3, 0.4) is 0 Å². The van der Waals surface area contributed by atoms with E-state index < -0.39 is 0 Å². The van der Waals surface area contributed by atoms with Gasteiger partial charge in [-0.25, -0.2) is 0 Å². The average Bonchev–Trinajstić information content (AvgIpc) is 2.94. The van der Waals surface area contributed by atoms with Gasteiger partial charge in [0.1, 0.15) is 0 Å². The third kappa shape index (κ3) is 2.70. The van der Waals surface area contributed by atoms with E-state index in [2.05, 4.69) is 11.4 Å². The zero-order valence-electron chi connectivity index (χ0n) is 11.6. The third-order valence-electron chi connectivity index (χ3n) is 3.85. The van der Waals surface area contributed by atoms with Gasteiger partial charge in [0.15, 0.2) is 0 Å². The number of carbonyl (C=O) groups is 1. The van der Waals surface area contributed by atoms with Crippen LogP contribution in [0.4, 0.5) is 0 Å². The minimum absolute atomic E-state index is 0.0998. The highest BCUT2D eigenvalue weighted by Crippen LogP contribution is 2.41. The monoisotopic (exact) mass is 339 g/mol. The lowest BCUT2D eigenvalue weighted by Gasteiger charge is -2.36. The van der Waals surface area contributed by atoms with Crippen LogP contribution in [0.1, 0.15) is 35.4 Å². The highest BCUT2D eigenvalue weighted by Gasteiger charge is 2.33. The van der Waals surface area contributed by atoms with Crippen molar-refractivity contribution in [3.8, 4) is 0 Å². The summed E-state index contributed by atoms with van der Waals surface area (Å²) >= 11 is 14.1. The maximum absolute atomic E-state index is 12.3. The van der Waals surface area contributed by atoms with Gasteiger partial charge in [0.2, 0.25) is 5.91 Å². The predicted octanol–water partition coefficient (Wildman–Crippen LogP) is 4.94. The van der Waals surface area contributed by atoms with Crippen LogP contribution in [0.2, 0.25) is 10.0 Å². The minimum Gasteiger partial charge on any atom is -0.331 e. The van der Waals surface area contributed by atoms with Gasteiger partial charge >= 0.3 is 0 Å². The summed E-state index contributed by atoms with van der Waals surface area (Å²) in [4.78, 5) is 15.6. The maximum Gasteiger partial charge on any atom is 0.223 e. The summed E-state index contributed by atoms with van der Waals surface area (Å²) < 4.78 is 0. The number of carbonyl (C=O) groups excluding carboxylic acids is 1. The molecule has 0 unspecified atom stereocenters. The predicted molar refractivity (Wildman–Crippen MR) is 88.3 cm³/mol. The molecule has 2 heterocycles. The number of benzene rings is 1. The van der Waals surface area contributed by atoms with Gasteiger partial charge in [-0.3, -0.25) is 4.79 Å². The standard InChI is InChI=1S/C16H15Cl2NOS/c1-2-15(20)19-7-5-14-12(6-8-21-14)16(19)11-4-3-10(17)9-13(11)18/h3-4,6,8-9,16H,2,5,7H2,1H3/t16-/m0/s1. The Morgan fingerprint density at radius 1 is 1.33 bits per heavy atom. The number of rotatable bonds is 2. The van der Waals surface area contributed by atoms with E-state index in [9.17, 15) is 4.79 Å². The van der Waals surface area contributed by atoms with Crippen LogP contribution in [0.25, 0.3) is 0 Å². The molecule has 0 fully saturated rings. The SMILES string of the molecule is CCC(=O)N1CCc2sccc2[C@@H]1c1ccc(Cl)cc1Cl. The van der Waals surface area contributed by atoms with E-state index in [1.807, 2.05) is 24.0 Å². The number of thiophene rings is 1. The van der Waals surface area contributed by atoms with E-state index in [-0.39, 0.29) is 11.9 Å². The lowest BCUT2D eigenvalue weighted by atomic mass is 9.93. The number of amides is 1. The number of fused-ring (bicyclic) bond motifs is 1. The van der Waals surface area contributed by atoms with Crippen molar-refractivity contribution in [2.75, 3.05) is 6.54 Å². The Morgan fingerprint density at radius 3 is 2.86 bits per heavy atom. The summed E-state index contributed by atoms with van der Waals surface area (Å²) in [6.45, 7) is 2.63. The van der Waals surface area contributed by atoms with Crippen molar-refractivity contribution in [3.05, 3.63) is 55.7 Å². The van der Waals surface area contributed by atoms with E-state index in [1.165, 1.54) is 10.4 Å². The van der Waals surface area contributed by atoms with Crippen LogP contribution < -0.4 is 0 Å². The summed E-state index contributed by atoms with van der Waals surface area (Å²) in [5, 5.41) is 3.31. The number of hydrogen-bond acceptors (Lipinski definition) is 2. The van der Waals surface area contributed by atoms with Crippen LogP contribution in [0, 0.1) is 0 Å². The van der Waals surface area contributed by atoms with Crippen LogP contribution in [-0.4, -0.2) is 17.4 Å². The molecule has 0 aliphatic carbocycles. The Labute approximate surface area is 138 Å². The Morgan fingerprint density at radius 2 is 2.14 bits per heavy atom. The van der Waals surface area contributed by atoms with Gasteiger partial charge in [-0.15, -0.1) is 11.3 Å². The van der Waals surface area contributed by atoms with E-state index in [4.69, 9.17) is 23.2 Å². The molecule has 0 spiro atoms. The van der Waals surface area contributed by atoms with Gasteiger partial charge in [-0.2, -0.15) is 0 Å². The topological polar surface area (TPSA) is 20.3 Å². The fourth-order valence-electron chi connectivity index (χ4n) is 2.85. The first-order valence-electron chi connectivity index (χ1n) is 6.92. The summed E-state index contributed by atoms with van der Waals surface area (Å²) in [5.41, 5.74) is 2.14. The van der Waals surface area contributed by atoms with Crippen molar-refractivity contribution in [1.82, 2.24) is 4.90 Å². The van der Waals surface area contributed by atoms with E-state index in [0.717, 1.165) is 18.5 Å². The van der Waals surface area contributed by atoms with Gasteiger partial charge in [0.05, 0.1) is 6.04 Å². The molecule has 0 radical (unpaired) electrons. The zero-order chi connectivity index (χ0) is 15.0. The quantitative estimate of drug-likeness (QED) is 0.758. The van der Waals surface area contributed by atoms with Crippen molar-refractivity contribution >= 4 is 40.4 Å². The van der Waals surface area contributed by atoms with Gasteiger partial charge in [0.25, 0.3) is 0 Å². The van der Waals surface area contributed by atoms with Crippen molar-refractivity contribution in [3.63, 3.8) is 0 Å². The first-order chi connectivity index (χ1) is 10.1. The minimum atomic E-state index is -0.0998. The molecule has 1 aromatic carbocycles. The zero-order valence-corrected chi connectivity index (χ0v) is 13.9. The molecular weight excluding hydrogens is 325 g/mol. The van der Waals surface area contributed by atoms with Crippen molar-refractivity contribution in [2.45, 2.75) is 25.8 Å². The molecule has 1 aromatic heterocycles.